The van der Waals surface area contributed by atoms with E-state index in [2.05, 4.69) is 10.6 Å². The van der Waals surface area contributed by atoms with Crippen LogP contribution >= 0.6 is 0 Å². The number of carbonyl (C=O) groups is 1. The van der Waals surface area contributed by atoms with Crippen LogP contribution in [0.15, 0.2) is 0 Å². The first-order chi connectivity index (χ1) is 5.81. The molecule has 2 N–H and O–H groups in total. The van der Waals surface area contributed by atoms with Crippen molar-refractivity contribution in [2.45, 2.75) is 13.3 Å². The lowest BCUT2D eigenvalue weighted by Crippen LogP contribution is -2.32. The van der Waals surface area contributed by atoms with Crippen LogP contribution in [0.3, 0.4) is 0 Å². The van der Waals surface area contributed by atoms with Crippen LogP contribution in [0.25, 0.3) is 0 Å². The summed E-state index contributed by atoms with van der Waals surface area (Å²) < 4.78 is 5.13. The first-order valence-corrected chi connectivity index (χ1v) is 4.30. The molecule has 0 rings (SSSR count). The van der Waals surface area contributed by atoms with Gasteiger partial charge in [0.1, 0.15) is 0 Å². The van der Waals surface area contributed by atoms with E-state index in [9.17, 15) is 4.79 Å². The Balaban J connectivity index is 2.95. The van der Waals surface area contributed by atoms with Crippen molar-refractivity contribution in [3.63, 3.8) is 0 Å². The van der Waals surface area contributed by atoms with Gasteiger partial charge in [0.05, 0.1) is 6.54 Å². The minimum Gasteiger partial charge on any atom is -0.382 e. The molecule has 0 heterocycles. The van der Waals surface area contributed by atoms with Gasteiger partial charge in [-0.2, -0.15) is 0 Å². The van der Waals surface area contributed by atoms with Crippen molar-refractivity contribution >= 4 is 5.91 Å². The molecule has 4 nitrogen and oxygen atoms in total. The largest absolute Gasteiger partial charge is 0.382 e. The molecule has 0 atom stereocenters. The zero-order chi connectivity index (χ0) is 9.23. The zero-order valence-electron chi connectivity index (χ0n) is 7.85. The van der Waals surface area contributed by atoms with Crippen LogP contribution in [-0.4, -0.2) is 39.3 Å². The van der Waals surface area contributed by atoms with E-state index in [1.165, 1.54) is 0 Å². The van der Waals surface area contributed by atoms with Crippen LogP contribution in [-0.2, 0) is 9.53 Å². The Labute approximate surface area is 73.7 Å². The Bertz CT molecular complexity index is 118. The predicted octanol–water partition coefficient (Wildman–Crippen LogP) is -0.251. The van der Waals surface area contributed by atoms with Crippen molar-refractivity contribution in [1.82, 2.24) is 10.6 Å². The van der Waals surface area contributed by atoms with E-state index in [4.69, 9.17) is 4.74 Å². The van der Waals surface area contributed by atoms with Gasteiger partial charge in [-0.15, -0.1) is 0 Å². The summed E-state index contributed by atoms with van der Waals surface area (Å²) in [6.45, 7) is 4.71. The molecule has 0 aromatic heterocycles. The topological polar surface area (TPSA) is 50.4 Å². The molecule has 0 aliphatic carbocycles. The molecule has 4 heteroatoms. The minimum absolute atomic E-state index is 0.0198. The van der Waals surface area contributed by atoms with Gasteiger partial charge in [-0.3, -0.25) is 4.79 Å². The van der Waals surface area contributed by atoms with Crippen molar-refractivity contribution in [2.24, 2.45) is 0 Å². The average molecular weight is 174 g/mol. The number of hydrogen-bond acceptors (Lipinski definition) is 3. The lowest BCUT2D eigenvalue weighted by molar-refractivity contribution is -0.119. The quantitative estimate of drug-likeness (QED) is 0.523. The molecule has 0 bridgehead atoms. The number of hydrogen-bond donors (Lipinski definition) is 2. The molecule has 0 fully saturated rings. The van der Waals surface area contributed by atoms with Gasteiger partial charge in [0, 0.05) is 20.3 Å². The van der Waals surface area contributed by atoms with E-state index in [1.54, 1.807) is 7.05 Å². The average Bonchev–Trinajstić information content (AvgIpc) is 2.10. The molecule has 0 radical (unpaired) electrons. The molecular formula is C8H18N2O2. The van der Waals surface area contributed by atoms with Gasteiger partial charge in [0.15, 0.2) is 0 Å². The van der Waals surface area contributed by atoms with Crippen LogP contribution in [0.5, 0.6) is 0 Å². The maximum Gasteiger partial charge on any atom is 0.233 e. The normalized spacial score (nSPS) is 9.83. The molecule has 0 aromatic carbocycles. The minimum atomic E-state index is 0.0198. The van der Waals surface area contributed by atoms with Gasteiger partial charge >= 0.3 is 0 Å². The first-order valence-electron chi connectivity index (χ1n) is 4.30. The van der Waals surface area contributed by atoms with Gasteiger partial charge in [-0.25, -0.2) is 0 Å². The molecule has 0 aliphatic rings. The molecule has 72 valence electrons. The summed E-state index contributed by atoms with van der Waals surface area (Å²) in [6.07, 6.45) is 0.949. The highest BCUT2D eigenvalue weighted by molar-refractivity contribution is 5.77. The molecule has 0 spiro atoms. The number of carbonyl (C=O) groups excluding carboxylic acids is 1. The van der Waals surface area contributed by atoms with Gasteiger partial charge in [-0.05, 0) is 19.9 Å². The van der Waals surface area contributed by atoms with Crippen molar-refractivity contribution in [3.8, 4) is 0 Å². The van der Waals surface area contributed by atoms with E-state index in [-0.39, 0.29) is 5.91 Å². The highest BCUT2D eigenvalue weighted by Crippen LogP contribution is 1.79. The van der Waals surface area contributed by atoms with Crippen LogP contribution in [0, 0.1) is 0 Å². The second-order valence-electron chi connectivity index (χ2n) is 2.40. The number of nitrogens with one attached hydrogen (secondary N) is 2. The Hall–Kier alpha value is -0.610. The predicted molar refractivity (Wildman–Crippen MR) is 48.0 cm³/mol. The Morgan fingerprint density at radius 2 is 2.25 bits per heavy atom. The first kappa shape index (κ1) is 11.4. The van der Waals surface area contributed by atoms with Crippen molar-refractivity contribution in [1.29, 1.82) is 0 Å². The molecule has 0 saturated heterocycles. The summed E-state index contributed by atoms with van der Waals surface area (Å²) >= 11 is 0. The number of amides is 1. The van der Waals surface area contributed by atoms with E-state index in [1.807, 2.05) is 6.92 Å². The van der Waals surface area contributed by atoms with Crippen LogP contribution in [0.2, 0.25) is 0 Å². The standard InChI is InChI=1S/C8H18N2O2/c1-3-12-6-4-5-10-7-8(11)9-2/h10H,3-7H2,1-2H3,(H,9,11). The van der Waals surface area contributed by atoms with Gasteiger partial charge < -0.3 is 15.4 Å². The molecule has 1 amide bonds. The maximum absolute atomic E-state index is 10.7. The summed E-state index contributed by atoms with van der Waals surface area (Å²) in [5, 5.41) is 5.54. The summed E-state index contributed by atoms with van der Waals surface area (Å²) in [4.78, 5) is 10.7. The molecule has 0 aliphatic heterocycles. The smallest absolute Gasteiger partial charge is 0.233 e. The summed E-state index contributed by atoms with van der Waals surface area (Å²) in [5.41, 5.74) is 0. The van der Waals surface area contributed by atoms with E-state index >= 15 is 0 Å². The van der Waals surface area contributed by atoms with Crippen molar-refractivity contribution in [3.05, 3.63) is 0 Å². The second kappa shape index (κ2) is 8.49. The van der Waals surface area contributed by atoms with Crippen molar-refractivity contribution < 1.29 is 9.53 Å². The molecule has 0 saturated carbocycles. The summed E-state index contributed by atoms with van der Waals surface area (Å²) in [6, 6.07) is 0. The third-order valence-electron chi connectivity index (χ3n) is 1.41. The SMILES string of the molecule is CCOCCCNCC(=O)NC. The van der Waals surface area contributed by atoms with E-state index < -0.39 is 0 Å². The number of likely N-dealkylation sites (N-methyl/N-ethyl adjacent to an activating group) is 1. The van der Waals surface area contributed by atoms with Crippen LogP contribution in [0.1, 0.15) is 13.3 Å². The summed E-state index contributed by atoms with van der Waals surface area (Å²) in [7, 11) is 1.63. The fraction of sp³-hybridized carbons (Fsp3) is 0.875. The van der Waals surface area contributed by atoms with Crippen LogP contribution < -0.4 is 10.6 Å². The van der Waals surface area contributed by atoms with Crippen LogP contribution in [0.4, 0.5) is 0 Å². The fourth-order valence-corrected chi connectivity index (χ4v) is 0.734. The Morgan fingerprint density at radius 1 is 1.50 bits per heavy atom. The zero-order valence-corrected chi connectivity index (χ0v) is 7.85. The van der Waals surface area contributed by atoms with E-state index in [0.717, 1.165) is 26.2 Å². The highest BCUT2D eigenvalue weighted by atomic mass is 16.5. The maximum atomic E-state index is 10.7. The monoisotopic (exact) mass is 174 g/mol. The molecular weight excluding hydrogens is 156 g/mol. The number of ether oxygens (including phenoxy) is 1. The summed E-state index contributed by atoms with van der Waals surface area (Å²) in [5.74, 6) is 0.0198. The van der Waals surface area contributed by atoms with Gasteiger partial charge in [0.25, 0.3) is 0 Å². The number of rotatable bonds is 7. The highest BCUT2D eigenvalue weighted by Gasteiger charge is 1.94. The van der Waals surface area contributed by atoms with E-state index in [0.29, 0.717) is 6.54 Å². The molecule has 0 aromatic rings. The Kier molecular flexibility index (Phi) is 8.05. The lowest BCUT2D eigenvalue weighted by atomic mass is 10.4. The third-order valence-corrected chi connectivity index (χ3v) is 1.41. The van der Waals surface area contributed by atoms with Crippen molar-refractivity contribution in [2.75, 3.05) is 33.4 Å². The van der Waals surface area contributed by atoms with Gasteiger partial charge in [-0.1, -0.05) is 0 Å². The van der Waals surface area contributed by atoms with Gasteiger partial charge in [0.2, 0.25) is 5.91 Å². The third kappa shape index (κ3) is 7.50. The fourth-order valence-electron chi connectivity index (χ4n) is 0.734. The molecule has 0 unspecified atom stereocenters. The molecule has 12 heavy (non-hydrogen) atoms. The second-order valence-corrected chi connectivity index (χ2v) is 2.40. The lowest BCUT2D eigenvalue weighted by Gasteiger charge is -2.03. The Morgan fingerprint density at radius 3 is 2.83 bits per heavy atom.